The normalized spacial score (nSPS) is 12.5. The van der Waals surface area contributed by atoms with E-state index in [0.717, 1.165) is 15.6 Å². The Hall–Kier alpha value is -1.68. The molecule has 0 aliphatic heterocycles. The maximum Gasteiger partial charge on any atom is 0.0721 e. The number of hydrogen-bond donors (Lipinski definition) is 2. The van der Waals surface area contributed by atoms with E-state index in [0.29, 0.717) is 0 Å². The van der Waals surface area contributed by atoms with Crippen molar-refractivity contribution in [3.05, 3.63) is 82.3 Å². The van der Waals surface area contributed by atoms with E-state index in [9.17, 15) is 0 Å². The minimum atomic E-state index is -0.0322. The molecule has 0 amide bonds. The number of fused-ring (bicyclic) bond motifs is 1. The quantitative estimate of drug-likeness (QED) is 0.560. The van der Waals surface area contributed by atoms with Crippen LogP contribution in [-0.4, -0.2) is 0 Å². The molecule has 3 aromatic carbocycles. The Kier molecular flexibility index (Phi) is 3.83. The summed E-state index contributed by atoms with van der Waals surface area (Å²) in [5.74, 6) is 5.78. The fourth-order valence-corrected chi connectivity index (χ4v) is 2.98. The molecule has 0 saturated carbocycles. The summed E-state index contributed by atoms with van der Waals surface area (Å²) in [6.07, 6.45) is 0. The minimum absolute atomic E-state index is 0.0322. The third-order valence-electron chi connectivity index (χ3n) is 3.49. The van der Waals surface area contributed by atoms with Crippen LogP contribution in [0.1, 0.15) is 17.2 Å². The topological polar surface area (TPSA) is 38.0 Å². The van der Waals surface area contributed by atoms with Crippen LogP contribution in [0.25, 0.3) is 10.8 Å². The van der Waals surface area contributed by atoms with Gasteiger partial charge < -0.3 is 0 Å². The molecule has 1 unspecified atom stereocenters. The van der Waals surface area contributed by atoms with E-state index in [-0.39, 0.29) is 6.04 Å². The lowest BCUT2D eigenvalue weighted by Crippen LogP contribution is -2.29. The van der Waals surface area contributed by atoms with E-state index in [4.69, 9.17) is 5.84 Å². The van der Waals surface area contributed by atoms with Crippen LogP contribution >= 0.6 is 15.9 Å². The lowest BCUT2D eigenvalue weighted by atomic mass is 9.97. The summed E-state index contributed by atoms with van der Waals surface area (Å²) in [6, 6.07) is 22.9. The van der Waals surface area contributed by atoms with Gasteiger partial charge in [-0.05, 0) is 34.0 Å². The predicted molar refractivity (Wildman–Crippen MR) is 87.3 cm³/mol. The number of rotatable bonds is 3. The van der Waals surface area contributed by atoms with Gasteiger partial charge in [0.1, 0.15) is 0 Å². The summed E-state index contributed by atoms with van der Waals surface area (Å²) < 4.78 is 1.05. The van der Waals surface area contributed by atoms with Gasteiger partial charge in [-0.15, -0.1) is 0 Å². The highest BCUT2D eigenvalue weighted by Gasteiger charge is 2.15. The number of nitrogens with two attached hydrogens (primary N) is 1. The van der Waals surface area contributed by atoms with E-state index in [1.54, 1.807) is 0 Å². The van der Waals surface area contributed by atoms with Crippen molar-refractivity contribution in [3.8, 4) is 0 Å². The summed E-state index contributed by atoms with van der Waals surface area (Å²) in [5, 5.41) is 2.46. The van der Waals surface area contributed by atoms with Crippen molar-refractivity contribution in [2.45, 2.75) is 6.04 Å². The number of benzene rings is 3. The third-order valence-corrected chi connectivity index (χ3v) is 4.21. The van der Waals surface area contributed by atoms with Gasteiger partial charge in [0.05, 0.1) is 6.04 Å². The van der Waals surface area contributed by atoms with Crippen molar-refractivity contribution in [2.75, 3.05) is 0 Å². The van der Waals surface area contributed by atoms with Crippen molar-refractivity contribution in [3.63, 3.8) is 0 Å². The highest BCUT2D eigenvalue weighted by Crippen LogP contribution is 2.29. The van der Waals surface area contributed by atoms with Gasteiger partial charge in [-0.2, -0.15) is 0 Å². The van der Waals surface area contributed by atoms with E-state index in [2.05, 4.69) is 69.9 Å². The summed E-state index contributed by atoms with van der Waals surface area (Å²) in [4.78, 5) is 0. The largest absolute Gasteiger partial charge is 0.271 e. The lowest BCUT2D eigenvalue weighted by molar-refractivity contribution is 0.635. The van der Waals surface area contributed by atoms with Crippen molar-refractivity contribution >= 4 is 26.7 Å². The summed E-state index contributed by atoms with van der Waals surface area (Å²) in [6.45, 7) is 0. The molecule has 0 bridgehead atoms. The first-order valence-corrected chi connectivity index (χ1v) is 7.28. The SMILES string of the molecule is NNC(c1ccc2ccccc2c1)c1ccccc1Br. The standard InChI is InChI=1S/C17H15BrN2/c18-16-8-4-3-7-15(16)17(20-19)14-10-9-12-5-1-2-6-13(12)11-14/h1-11,17,20H,19H2. The second-order valence-corrected chi connectivity index (χ2v) is 5.58. The molecule has 0 aromatic heterocycles. The number of nitrogens with one attached hydrogen (secondary N) is 1. The van der Waals surface area contributed by atoms with Gasteiger partial charge in [0, 0.05) is 4.47 Å². The number of hydrazine groups is 1. The third kappa shape index (κ3) is 2.48. The van der Waals surface area contributed by atoms with Crippen LogP contribution in [0.5, 0.6) is 0 Å². The monoisotopic (exact) mass is 326 g/mol. The summed E-state index contributed by atoms with van der Waals surface area (Å²) >= 11 is 3.59. The summed E-state index contributed by atoms with van der Waals surface area (Å²) in [5.41, 5.74) is 5.19. The second-order valence-electron chi connectivity index (χ2n) is 4.73. The zero-order valence-electron chi connectivity index (χ0n) is 10.9. The first kappa shape index (κ1) is 13.3. The van der Waals surface area contributed by atoms with Gasteiger partial charge in [-0.1, -0.05) is 70.5 Å². The Morgan fingerprint density at radius 2 is 1.55 bits per heavy atom. The average molecular weight is 327 g/mol. The van der Waals surface area contributed by atoms with Crippen molar-refractivity contribution in [1.82, 2.24) is 5.43 Å². The van der Waals surface area contributed by atoms with Gasteiger partial charge in [0.15, 0.2) is 0 Å². The molecule has 1 atom stereocenters. The number of halogens is 1. The first-order valence-electron chi connectivity index (χ1n) is 6.49. The molecule has 20 heavy (non-hydrogen) atoms. The van der Waals surface area contributed by atoms with E-state index >= 15 is 0 Å². The Labute approximate surface area is 126 Å². The van der Waals surface area contributed by atoms with Crippen LogP contribution in [0.3, 0.4) is 0 Å². The van der Waals surface area contributed by atoms with Crippen molar-refractivity contribution in [2.24, 2.45) is 5.84 Å². The fourth-order valence-electron chi connectivity index (χ4n) is 2.46. The van der Waals surface area contributed by atoms with Crippen LogP contribution in [-0.2, 0) is 0 Å². The van der Waals surface area contributed by atoms with Crippen molar-refractivity contribution in [1.29, 1.82) is 0 Å². The second kappa shape index (κ2) is 5.75. The molecular weight excluding hydrogens is 312 g/mol. The highest BCUT2D eigenvalue weighted by molar-refractivity contribution is 9.10. The maximum atomic E-state index is 5.78. The molecule has 0 aliphatic rings. The maximum absolute atomic E-state index is 5.78. The molecule has 0 saturated heterocycles. The Balaban J connectivity index is 2.10. The fraction of sp³-hybridized carbons (Fsp3) is 0.0588. The Morgan fingerprint density at radius 1 is 0.850 bits per heavy atom. The highest BCUT2D eigenvalue weighted by atomic mass is 79.9. The van der Waals surface area contributed by atoms with Gasteiger partial charge in [0.2, 0.25) is 0 Å². The molecule has 0 heterocycles. The molecule has 2 nitrogen and oxygen atoms in total. The molecule has 100 valence electrons. The number of hydrogen-bond acceptors (Lipinski definition) is 2. The zero-order chi connectivity index (χ0) is 13.9. The molecule has 0 aliphatic carbocycles. The van der Waals surface area contributed by atoms with Gasteiger partial charge in [0.25, 0.3) is 0 Å². The molecule has 3 heteroatoms. The lowest BCUT2D eigenvalue weighted by Gasteiger charge is -2.19. The first-order chi connectivity index (χ1) is 9.79. The van der Waals surface area contributed by atoms with Crippen LogP contribution in [0.4, 0.5) is 0 Å². The molecule has 0 radical (unpaired) electrons. The molecule has 3 N–H and O–H groups in total. The predicted octanol–water partition coefficient (Wildman–Crippen LogP) is 4.16. The molecule has 3 rings (SSSR count). The van der Waals surface area contributed by atoms with Gasteiger partial charge in [-0.3, -0.25) is 5.84 Å². The van der Waals surface area contributed by atoms with Gasteiger partial charge >= 0.3 is 0 Å². The molecule has 0 spiro atoms. The molecule has 3 aromatic rings. The van der Waals surface area contributed by atoms with E-state index in [1.807, 2.05) is 18.2 Å². The van der Waals surface area contributed by atoms with Gasteiger partial charge in [-0.25, -0.2) is 5.43 Å². The average Bonchev–Trinajstić information content (AvgIpc) is 2.50. The summed E-state index contributed by atoms with van der Waals surface area (Å²) in [7, 11) is 0. The Bertz CT molecular complexity index is 740. The van der Waals surface area contributed by atoms with Crippen LogP contribution in [0.2, 0.25) is 0 Å². The zero-order valence-corrected chi connectivity index (χ0v) is 12.5. The van der Waals surface area contributed by atoms with Crippen LogP contribution < -0.4 is 11.3 Å². The van der Waals surface area contributed by atoms with Crippen LogP contribution in [0.15, 0.2) is 71.2 Å². The Morgan fingerprint density at radius 3 is 2.30 bits per heavy atom. The smallest absolute Gasteiger partial charge is 0.0721 e. The minimum Gasteiger partial charge on any atom is -0.271 e. The van der Waals surface area contributed by atoms with E-state index in [1.165, 1.54) is 10.8 Å². The van der Waals surface area contributed by atoms with Crippen molar-refractivity contribution < 1.29 is 0 Å². The molecular formula is C17H15BrN2. The van der Waals surface area contributed by atoms with Crippen LogP contribution in [0, 0.1) is 0 Å². The molecule has 0 fully saturated rings. The van der Waals surface area contributed by atoms with E-state index < -0.39 is 0 Å².